The van der Waals surface area contributed by atoms with Crippen LogP contribution in [0.5, 0.6) is 11.5 Å². The van der Waals surface area contributed by atoms with Crippen LogP contribution in [0.4, 0.5) is 11.4 Å². The Kier molecular flexibility index (Phi) is 5.18. The normalized spacial score (nSPS) is 16.7. The molecule has 1 heterocycles. The number of benzene rings is 2. The molecular weight excluding hydrogens is 368 g/mol. The first-order valence-corrected chi connectivity index (χ1v) is 9.94. The fraction of sp³-hybridized carbons (Fsp3) is 0.391. The van der Waals surface area contributed by atoms with Crippen molar-refractivity contribution in [2.24, 2.45) is 5.92 Å². The summed E-state index contributed by atoms with van der Waals surface area (Å²) in [6.45, 7) is 2.00. The van der Waals surface area contributed by atoms with Gasteiger partial charge in [0.25, 0.3) is 5.91 Å². The van der Waals surface area contributed by atoms with E-state index in [4.69, 9.17) is 9.47 Å². The van der Waals surface area contributed by atoms with Gasteiger partial charge in [-0.25, -0.2) is 0 Å². The van der Waals surface area contributed by atoms with E-state index >= 15 is 0 Å². The average Bonchev–Trinajstić information content (AvgIpc) is 3.54. The molecule has 1 saturated carbocycles. The molecule has 1 atom stereocenters. The summed E-state index contributed by atoms with van der Waals surface area (Å²) in [4.78, 5) is 26.3. The van der Waals surface area contributed by atoms with Crippen molar-refractivity contribution in [1.82, 2.24) is 0 Å². The minimum absolute atomic E-state index is 0.0216. The Hall–Kier alpha value is -3.02. The van der Waals surface area contributed by atoms with Crippen molar-refractivity contribution in [3.8, 4) is 11.5 Å². The lowest BCUT2D eigenvalue weighted by molar-refractivity contribution is -0.121. The van der Waals surface area contributed by atoms with Gasteiger partial charge >= 0.3 is 0 Å². The molecule has 0 bridgehead atoms. The van der Waals surface area contributed by atoms with E-state index in [1.807, 2.05) is 31.2 Å². The summed E-state index contributed by atoms with van der Waals surface area (Å²) in [6.07, 6.45) is 2.72. The summed E-state index contributed by atoms with van der Waals surface area (Å²) in [6, 6.07) is 11.6. The van der Waals surface area contributed by atoms with Gasteiger partial charge in [-0.1, -0.05) is 18.2 Å². The second-order valence-corrected chi connectivity index (χ2v) is 7.82. The lowest BCUT2D eigenvalue weighted by Gasteiger charge is -2.27. The smallest absolute Gasteiger partial charge is 0.264 e. The number of hydrogen-bond donors (Lipinski definition) is 1. The predicted molar refractivity (Wildman–Crippen MR) is 112 cm³/mol. The monoisotopic (exact) mass is 394 g/mol. The Morgan fingerprint density at radius 1 is 1.31 bits per heavy atom. The van der Waals surface area contributed by atoms with E-state index in [0.717, 1.165) is 24.2 Å². The molecule has 6 heteroatoms. The number of nitrogens with one attached hydrogen (secondary N) is 1. The number of anilines is 2. The molecule has 2 aliphatic rings. The molecule has 1 aliphatic heterocycles. The molecule has 0 aromatic heterocycles. The number of fused-ring (bicyclic) bond motifs is 1. The van der Waals surface area contributed by atoms with E-state index in [1.54, 1.807) is 19.1 Å². The Morgan fingerprint density at radius 3 is 2.79 bits per heavy atom. The fourth-order valence-electron chi connectivity index (χ4n) is 3.99. The highest BCUT2D eigenvalue weighted by atomic mass is 16.5. The number of carbonyl (C=O) groups excluding carboxylic acids is 2. The van der Waals surface area contributed by atoms with Gasteiger partial charge in [0, 0.05) is 13.5 Å². The largest absolute Gasteiger partial charge is 0.496 e. The number of likely N-dealkylation sites (N-methyl/N-ethyl adjacent to an activating group) is 1. The van der Waals surface area contributed by atoms with Gasteiger partial charge < -0.3 is 19.7 Å². The van der Waals surface area contributed by atoms with Gasteiger partial charge in [0.1, 0.15) is 5.75 Å². The lowest BCUT2D eigenvalue weighted by atomic mass is 9.89. The quantitative estimate of drug-likeness (QED) is 0.807. The molecule has 2 amide bonds. The van der Waals surface area contributed by atoms with Crippen LogP contribution in [0, 0.1) is 12.8 Å². The summed E-state index contributed by atoms with van der Waals surface area (Å²) in [5, 5.41) is 3.00. The number of amides is 2. The van der Waals surface area contributed by atoms with Gasteiger partial charge in [-0.05, 0) is 60.9 Å². The first-order chi connectivity index (χ1) is 14.0. The Balaban J connectivity index is 1.52. The van der Waals surface area contributed by atoms with Gasteiger partial charge in [-0.3, -0.25) is 9.59 Å². The number of hydrogen-bond acceptors (Lipinski definition) is 4. The van der Waals surface area contributed by atoms with Crippen LogP contribution < -0.4 is 19.7 Å². The van der Waals surface area contributed by atoms with Crippen LogP contribution in [0.2, 0.25) is 0 Å². The number of methoxy groups -OCH3 is 1. The fourth-order valence-corrected chi connectivity index (χ4v) is 3.99. The Morgan fingerprint density at radius 2 is 2.10 bits per heavy atom. The Labute approximate surface area is 170 Å². The summed E-state index contributed by atoms with van der Waals surface area (Å²) < 4.78 is 11.0. The van der Waals surface area contributed by atoms with E-state index in [-0.39, 0.29) is 24.3 Å². The molecule has 4 rings (SSSR count). The summed E-state index contributed by atoms with van der Waals surface area (Å²) in [5.74, 6) is 1.98. The van der Waals surface area contributed by atoms with Gasteiger partial charge in [0.2, 0.25) is 5.91 Å². The third-order valence-electron chi connectivity index (χ3n) is 5.79. The second kappa shape index (κ2) is 7.78. The number of carbonyl (C=O) groups is 2. The molecule has 1 unspecified atom stereocenters. The zero-order valence-electron chi connectivity index (χ0n) is 17.0. The molecule has 2 aromatic carbocycles. The van der Waals surface area contributed by atoms with Gasteiger partial charge in [0.15, 0.2) is 12.4 Å². The molecule has 0 radical (unpaired) electrons. The van der Waals surface area contributed by atoms with E-state index in [2.05, 4.69) is 17.4 Å². The van der Waals surface area contributed by atoms with Crippen LogP contribution in [0.1, 0.15) is 36.3 Å². The highest BCUT2D eigenvalue weighted by Crippen LogP contribution is 2.45. The number of nitrogens with zero attached hydrogens (tertiary/aromatic N) is 1. The van der Waals surface area contributed by atoms with Crippen molar-refractivity contribution in [3.05, 3.63) is 47.5 Å². The van der Waals surface area contributed by atoms with E-state index in [1.165, 1.54) is 5.56 Å². The highest BCUT2D eigenvalue weighted by molar-refractivity contribution is 6.01. The zero-order chi connectivity index (χ0) is 20.5. The van der Waals surface area contributed by atoms with Gasteiger partial charge in [0.05, 0.1) is 18.5 Å². The molecule has 6 nitrogen and oxygen atoms in total. The first kappa shape index (κ1) is 19.3. The van der Waals surface area contributed by atoms with Crippen molar-refractivity contribution < 1.29 is 19.1 Å². The number of ether oxygens (including phenoxy) is 2. The van der Waals surface area contributed by atoms with Crippen molar-refractivity contribution >= 4 is 23.2 Å². The standard InChI is InChI=1S/C23H26N2O4/c1-14-11-16(9-10-20(14)28-3)17(15-7-8-15)12-21(26)24-18-5-4-6-19-23(18)29-13-22(27)25(19)2/h4-6,9-11,15,17H,7-8,12-13H2,1-3H3,(H,24,26). The van der Waals surface area contributed by atoms with Crippen molar-refractivity contribution in [2.75, 3.05) is 31.0 Å². The van der Waals surface area contributed by atoms with E-state index in [0.29, 0.717) is 29.5 Å². The zero-order valence-corrected chi connectivity index (χ0v) is 17.0. The minimum Gasteiger partial charge on any atom is -0.496 e. The molecule has 2 aromatic rings. The average molecular weight is 394 g/mol. The van der Waals surface area contributed by atoms with Crippen molar-refractivity contribution in [1.29, 1.82) is 0 Å². The van der Waals surface area contributed by atoms with Crippen molar-refractivity contribution in [2.45, 2.75) is 32.1 Å². The Bertz CT molecular complexity index is 952. The van der Waals surface area contributed by atoms with Crippen LogP contribution in [-0.4, -0.2) is 32.6 Å². The van der Waals surface area contributed by atoms with E-state index in [9.17, 15) is 9.59 Å². The summed E-state index contributed by atoms with van der Waals surface area (Å²) in [7, 11) is 3.38. The number of para-hydroxylation sites is 1. The maximum absolute atomic E-state index is 12.9. The summed E-state index contributed by atoms with van der Waals surface area (Å²) in [5.41, 5.74) is 3.53. The maximum atomic E-state index is 12.9. The van der Waals surface area contributed by atoms with E-state index < -0.39 is 0 Å². The second-order valence-electron chi connectivity index (χ2n) is 7.82. The molecular formula is C23H26N2O4. The lowest BCUT2D eigenvalue weighted by Crippen LogP contribution is -2.35. The number of aryl methyl sites for hydroxylation is 1. The van der Waals surface area contributed by atoms with Crippen molar-refractivity contribution in [3.63, 3.8) is 0 Å². The van der Waals surface area contributed by atoms with Crippen LogP contribution in [-0.2, 0) is 9.59 Å². The third-order valence-corrected chi connectivity index (χ3v) is 5.79. The molecule has 1 fully saturated rings. The molecule has 0 spiro atoms. The molecule has 0 saturated heterocycles. The minimum atomic E-state index is -0.107. The third kappa shape index (κ3) is 3.92. The van der Waals surface area contributed by atoms with Crippen LogP contribution in [0.15, 0.2) is 36.4 Å². The van der Waals surface area contributed by atoms with Crippen LogP contribution in [0.25, 0.3) is 0 Å². The molecule has 1 aliphatic carbocycles. The van der Waals surface area contributed by atoms with Gasteiger partial charge in [-0.2, -0.15) is 0 Å². The SMILES string of the molecule is COc1ccc(C(CC(=O)Nc2cccc3c2OCC(=O)N3C)C2CC2)cc1C. The topological polar surface area (TPSA) is 67.9 Å². The van der Waals surface area contributed by atoms with Crippen LogP contribution in [0.3, 0.4) is 0 Å². The number of rotatable bonds is 6. The van der Waals surface area contributed by atoms with Gasteiger partial charge in [-0.15, -0.1) is 0 Å². The maximum Gasteiger partial charge on any atom is 0.264 e. The summed E-state index contributed by atoms with van der Waals surface area (Å²) >= 11 is 0. The molecule has 152 valence electrons. The predicted octanol–water partition coefficient (Wildman–Crippen LogP) is 3.88. The molecule has 29 heavy (non-hydrogen) atoms. The van der Waals surface area contributed by atoms with Crippen LogP contribution >= 0.6 is 0 Å². The first-order valence-electron chi connectivity index (χ1n) is 9.94. The molecule has 1 N–H and O–H groups in total. The highest BCUT2D eigenvalue weighted by Gasteiger charge is 2.34.